The van der Waals surface area contributed by atoms with Crippen molar-refractivity contribution in [3.63, 3.8) is 0 Å². The summed E-state index contributed by atoms with van der Waals surface area (Å²) in [7, 11) is -3.11. The molecule has 0 aliphatic rings. The van der Waals surface area contributed by atoms with Crippen molar-refractivity contribution in [1.29, 1.82) is 0 Å². The predicted octanol–water partition coefficient (Wildman–Crippen LogP) is 1.35. The van der Waals surface area contributed by atoms with Gasteiger partial charge in [-0.25, -0.2) is 13.2 Å². The predicted molar refractivity (Wildman–Crippen MR) is 68.9 cm³/mol. The van der Waals surface area contributed by atoms with E-state index in [4.69, 9.17) is 4.74 Å². The minimum atomic E-state index is -3.11. The number of nitrogens with one attached hydrogen (secondary N) is 1. The fourth-order valence-electron chi connectivity index (χ4n) is 1.46. The minimum absolute atomic E-state index is 0.104. The van der Waals surface area contributed by atoms with E-state index in [9.17, 15) is 13.2 Å². The molecule has 1 aromatic rings. The highest BCUT2D eigenvalue weighted by Crippen LogP contribution is 2.01. The van der Waals surface area contributed by atoms with Crippen LogP contribution in [0.15, 0.2) is 30.3 Å². The molecule has 0 aromatic heterocycles. The van der Waals surface area contributed by atoms with Gasteiger partial charge in [-0.15, -0.1) is 0 Å². The molecule has 0 fully saturated rings. The van der Waals surface area contributed by atoms with Gasteiger partial charge in [0.2, 0.25) is 0 Å². The van der Waals surface area contributed by atoms with Crippen molar-refractivity contribution in [2.24, 2.45) is 0 Å². The number of sulfone groups is 1. The van der Waals surface area contributed by atoms with Crippen LogP contribution in [-0.4, -0.2) is 32.6 Å². The number of hydrogen-bond acceptors (Lipinski definition) is 4. The molecule has 5 nitrogen and oxygen atoms in total. The van der Waals surface area contributed by atoms with Crippen LogP contribution in [0.5, 0.6) is 0 Å². The van der Waals surface area contributed by atoms with Crippen LogP contribution in [0.2, 0.25) is 0 Å². The summed E-state index contributed by atoms with van der Waals surface area (Å²) in [5.74, 6) is -0.104. The highest BCUT2D eigenvalue weighted by atomic mass is 32.2. The summed E-state index contributed by atoms with van der Waals surface area (Å²) in [5, 5.41) is 2.47. The Hall–Kier alpha value is -1.56. The lowest BCUT2D eigenvalue weighted by Gasteiger charge is -2.12. The van der Waals surface area contributed by atoms with Crippen LogP contribution < -0.4 is 5.32 Å². The molecule has 1 unspecified atom stereocenters. The van der Waals surface area contributed by atoms with Gasteiger partial charge in [-0.05, 0) is 12.5 Å². The van der Waals surface area contributed by atoms with E-state index in [2.05, 4.69) is 5.32 Å². The van der Waals surface area contributed by atoms with Crippen LogP contribution in [-0.2, 0) is 21.2 Å². The molecule has 0 bridgehead atoms. The van der Waals surface area contributed by atoms with Crippen molar-refractivity contribution in [3.05, 3.63) is 35.9 Å². The zero-order valence-electron chi connectivity index (χ0n) is 10.4. The monoisotopic (exact) mass is 271 g/mol. The quantitative estimate of drug-likeness (QED) is 0.877. The first kappa shape index (κ1) is 14.5. The second kappa shape index (κ2) is 6.39. The fraction of sp³-hybridized carbons (Fsp3) is 0.417. The fourth-order valence-corrected chi connectivity index (χ4v) is 2.45. The SMILES string of the molecule is CC(CS(C)(=O)=O)NC(=O)OCc1ccccc1. The minimum Gasteiger partial charge on any atom is -0.445 e. The number of amides is 1. The molecule has 0 saturated carbocycles. The van der Waals surface area contributed by atoms with E-state index in [-0.39, 0.29) is 12.4 Å². The topological polar surface area (TPSA) is 72.5 Å². The number of carbonyl (C=O) groups is 1. The molecule has 0 saturated heterocycles. The Morgan fingerprint density at radius 1 is 1.33 bits per heavy atom. The number of ether oxygens (including phenoxy) is 1. The number of alkyl carbamates (subject to hydrolysis) is 1. The van der Waals surface area contributed by atoms with Gasteiger partial charge in [0.1, 0.15) is 16.4 Å². The molecule has 1 amide bonds. The lowest BCUT2D eigenvalue weighted by molar-refractivity contribution is 0.137. The summed E-state index contributed by atoms with van der Waals surface area (Å²) in [5.41, 5.74) is 0.878. The van der Waals surface area contributed by atoms with Crippen molar-refractivity contribution in [2.45, 2.75) is 19.6 Å². The first-order valence-electron chi connectivity index (χ1n) is 5.52. The first-order chi connectivity index (χ1) is 8.37. The second-order valence-corrected chi connectivity index (χ2v) is 6.38. The smallest absolute Gasteiger partial charge is 0.407 e. The van der Waals surface area contributed by atoms with E-state index in [1.54, 1.807) is 6.92 Å². The normalized spacial score (nSPS) is 12.8. The maximum absolute atomic E-state index is 11.4. The second-order valence-electron chi connectivity index (χ2n) is 4.20. The Bertz CT molecular complexity index is 484. The molecule has 0 aliphatic carbocycles. The van der Waals surface area contributed by atoms with E-state index >= 15 is 0 Å². The summed E-state index contributed by atoms with van der Waals surface area (Å²) in [4.78, 5) is 11.4. The summed E-state index contributed by atoms with van der Waals surface area (Å²) in [6.07, 6.45) is 0.510. The van der Waals surface area contributed by atoms with E-state index < -0.39 is 22.0 Å². The van der Waals surface area contributed by atoms with Crippen molar-refractivity contribution >= 4 is 15.9 Å². The summed E-state index contributed by atoms with van der Waals surface area (Å²) < 4.78 is 27.0. The van der Waals surface area contributed by atoms with Crippen molar-refractivity contribution < 1.29 is 17.9 Å². The Kier molecular flexibility index (Phi) is 5.15. The largest absolute Gasteiger partial charge is 0.445 e. The Morgan fingerprint density at radius 2 is 1.94 bits per heavy atom. The zero-order chi connectivity index (χ0) is 13.6. The van der Waals surface area contributed by atoms with Crippen LogP contribution in [0.1, 0.15) is 12.5 Å². The van der Waals surface area contributed by atoms with Crippen molar-refractivity contribution in [2.75, 3.05) is 12.0 Å². The lowest BCUT2D eigenvalue weighted by Crippen LogP contribution is -2.37. The third-order valence-electron chi connectivity index (χ3n) is 2.13. The van der Waals surface area contributed by atoms with Gasteiger partial charge in [0.25, 0.3) is 0 Å². The van der Waals surface area contributed by atoms with Gasteiger partial charge < -0.3 is 10.1 Å². The average molecular weight is 271 g/mol. The lowest BCUT2D eigenvalue weighted by atomic mass is 10.2. The molecule has 6 heteroatoms. The molecule has 1 rings (SSSR count). The van der Waals surface area contributed by atoms with Crippen LogP contribution in [0.4, 0.5) is 4.79 Å². The summed E-state index contributed by atoms with van der Waals surface area (Å²) in [6.45, 7) is 1.78. The highest BCUT2D eigenvalue weighted by molar-refractivity contribution is 7.90. The molecule has 1 N–H and O–H groups in total. The van der Waals surface area contributed by atoms with Gasteiger partial charge in [0, 0.05) is 12.3 Å². The van der Waals surface area contributed by atoms with Crippen molar-refractivity contribution in [1.82, 2.24) is 5.32 Å². The maximum Gasteiger partial charge on any atom is 0.407 e. The van der Waals surface area contributed by atoms with E-state index in [1.807, 2.05) is 30.3 Å². The van der Waals surface area contributed by atoms with Gasteiger partial charge in [-0.3, -0.25) is 0 Å². The molecular formula is C12H17NO4S. The summed E-state index contributed by atoms with van der Waals surface area (Å²) >= 11 is 0. The van der Waals surface area contributed by atoms with Crippen molar-refractivity contribution in [3.8, 4) is 0 Å². The van der Waals surface area contributed by atoms with E-state index in [0.29, 0.717) is 0 Å². The zero-order valence-corrected chi connectivity index (χ0v) is 11.2. The van der Waals surface area contributed by atoms with Crippen LogP contribution in [0, 0.1) is 0 Å². The molecule has 0 radical (unpaired) electrons. The molecule has 0 spiro atoms. The van der Waals surface area contributed by atoms with Gasteiger partial charge in [-0.1, -0.05) is 30.3 Å². The van der Waals surface area contributed by atoms with Crippen LogP contribution in [0.3, 0.4) is 0 Å². The van der Waals surface area contributed by atoms with E-state index in [1.165, 1.54) is 0 Å². The van der Waals surface area contributed by atoms with Gasteiger partial charge >= 0.3 is 6.09 Å². The Labute approximate surface area is 107 Å². The van der Waals surface area contributed by atoms with Gasteiger partial charge in [-0.2, -0.15) is 0 Å². The van der Waals surface area contributed by atoms with Gasteiger partial charge in [0.05, 0.1) is 5.75 Å². The third kappa shape index (κ3) is 6.24. The number of benzene rings is 1. The number of hydrogen-bond donors (Lipinski definition) is 1. The number of rotatable bonds is 5. The average Bonchev–Trinajstić information content (AvgIpc) is 2.25. The third-order valence-corrected chi connectivity index (χ3v) is 3.24. The maximum atomic E-state index is 11.4. The Morgan fingerprint density at radius 3 is 2.50 bits per heavy atom. The Balaban J connectivity index is 2.34. The van der Waals surface area contributed by atoms with Crippen LogP contribution in [0.25, 0.3) is 0 Å². The molecule has 0 heterocycles. The number of carbonyl (C=O) groups excluding carboxylic acids is 1. The molecular weight excluding hydrogens is 254 g/mol. The van der Waals surface area contributed by atoms with Gasteiger partial charge in [0.15, 0.2) is 0 Å². The first-order valence-corrected chi connectivity index (χ1v) is 7.58. The molecule has 0 aliphatic heterocycles. The van der Waals surface area contributed by atoms with Crippen LogP contribution >= 0.6 is 0 Å². The molecule has 18 heavy (non-hydrogen) atoms. The standard InChI is InChI=1S/C12H17NO4S/c1-10(9-18(2,15)16)13-12(14)17-8-11-6-4-3-5-7-11/h3-7,10H,8-9H2,1-2H3,(H,13,14). The molecule has 1 atom stereocenters. The van der Waals surface area contributed by atoms with E-state index in [0.717, 1.165) is 11.8 Å². The molecule has 100 valence electrons. The highest BCUT2D eigenvalue weighted by Gasteiger charge is 2.13. The summed E-state index contributed by atoms with van der Waals surface area (Å²) in [6, 6.07) is 8.78. The molecule has 1 aromatic carbocycles.